The average Bonchev–Trinajstić information content (AvgIpc) is 2.65. The van der Waals surface area contributed by atoms with E-state index in [-0.39, 0.29) is 6.04 Å². The van der Waals surface area contributed by atoms with Gasteiger partial charge in [-0.05, 0) is 13.8 Å². The molecule has 0 amide bonds. The summed E-state index contributed by atoms with van der Waals surface area (Å²) in [5.74, 6) is 0.709. The predicted molar refractivity (Wildman–Crippen MR) is 65.9 cm³/mol. The molecule has 2 rings (SSSR count). The van der Waals surface area contributed by atoms with Gasteiger partial charge in [0.25, 0.3) is 0 Å². The van der Waals surface area contributed by atoms with Gasteiger partial charge in [0.1, 0.15) is 22.3 Å². The van der Waals surface area contributed by atoms with Gasteiger partial charge in [-0.3, -0.25) is 0 Å². The molecule has 2 heterocycles. The predicted octanol–water partition coefficient (Wildman–Crippen LogP) is 3.07. The van der Waals surface area contributed by atoms with Gasteiger partial charge in [-0.15, -0.1) is 11.3 Å². The van der Waals surface area contributed by atoms with Gasteiger partial charge in [0.05, 0.1) is 6.04 Å². The second-order valence-corrected chi connectivity index (χ2v) is 4.70. The number of rotatable bonds is 3. The van der Waals surface area contributed by atoms with Crippen LogP contribution in [0.2, 0.25) is 5.15 Å². The van der Waals surface area contributed by atoms with Crippen LogP contribution in [0.15, 0.2) is 17.8 Å². The molecule has 0 saturated carbocycles. The Bertz CT molecular complexity index is 485. The molecule has 84 valence electrons. The fraction of sp³-hybridized carbons (Fsp3) is 0.300. The lowest BCUT2D eigenvalue weighted by molar-refractivity contribution is 0.853. The lowest BCUT2D eigenvalue weighted by Gasteiger charge is -2.11. The van der Waals surface area contributed by atoms with E-state index in [1.54, 1.807) is 17.4 Å². The van der Waals surface area contributed by atoms with E-state index in [1.807, 2.05) is 19.2 Å². The fourth-order valence-corrected chi connectivity index (χ4v) is 2.22. The van der Waals surface area contributed by atoms with Crippen molar-refractivity contribution < 1.29 is 0 Å². The first-order chi connectivity index (χ1) is 7.65. The third kappa shape index (κ3) is 2.68. The van der Waals surface area contributed by atoms with Gasteiger partial charge in [-0.25, -0.2) is 15.0 Å². The van der Waals surface area contributed by atoms with Gasteiger partial charge in [-0.2, -0.15) is 0 Å². The van der Waals surface area contributed by atoms with Gasteiger partial charge in [-0.1, -0.05) is 11.6 Å². The SMILES string of the molecule is Cc1csc(C(C)Nc2cc(Cl)ncn2)n1. The van der Waals surface area contributed by atoms with Crippen molar-refractivity contribution in [2.75, 3.05) is 5.32 Å². The van der Waals surface area contributed by atoms with Crippen molar-refractivity contribution in [1.82, 2.24) is 15.0 Å². The lowest BCUT2D eigenvalue weighted by atomic mass is 10.3. The highest BCUT2D eigenvalue weighted by Crippen LogP contribution is 2.21. The van der Waals surface area contributed by atoms with Crippen LogP contribution in [-0.4, -0.2) is 15.0 Å². The summed E-state index contributed by atoms with van der Waals surface area (Å²) in [6, 6.07) is 1.81. The maximum absolute atomic E-state index is 5.77. The number of aromatic nitrogens is 3. The number of thiazole rings is 1. The van der Waals surface area contributed by atoms with Crippen molar-refractivity contribution in [3.63, 3.8) is 0 Å². The van der Waals surface area contributed by atoms with E-state index in [0.29, 0.717) is 11.0 Å². The molecule has 0 fully saturated rings. The van der Waals surface area contributed by atoms with Gasteiger partial charge in [0.2, 0.25) is 0 Å². The molecular formula is C10H11ClN4S. The lowest BCUT2D eigenvalue weighted by Crippen LogP contribution is -2.07. The van der Waals surface area contributed by atoms with Crippen LogP contribution in [-0.2, 0) is 0 Å². The van der Waals surface area contributed by atoms with Crippen LogP contribution in [0, 0.1) is 6.92 Å². The van der Waals surface area contributed by atoms with Crippen LogP contribution >= 0.6 is 22.9 Å². The monoisotopic (exact) mass is 254 g/mol. The summed E-state index contributed by atoms with van der Waals surface area (Å²) in [7, 11) is 0. The van der Waals surface area contributed by atoms with E-state index in [9.17, 15) is 0 Å². The zero-order chi connectivity index (χ0) is 11.5. The third-order valence-corrected chi connectivity index (χ3v) is 3.36. The molecule has 0 spiro atoms. The summed E-state index contributed by atoms with van der Waals surface area (Å²) in [4.78, 5) is 12.3. The van der Waals surface area contributed by atoms with E-state index >= 15 is 0 Å². The smallest absolute Gasteiger partial charge is 0.134 e. The zero-order valence-electron chi connectivity index (χ0n) is 8.94. The van der Waals surface area contributed by atoms with Crippen LogP contribution in [0.25, 0.3) is 0 Å². The molecule has 0 aromatic carbocycles. The van der Waals surface area contributed by atoms with E-state index in [1.165, 1.54) is 6.33 Å². The minimum atomic E-state index is 0.115. The Balaban J connectivity index is 2.10. The van der Waals surface area contributed by atoms with Crippen molar-refractivity contribution in [2.45, 2.75) is 19.9 Å². The molecule has 0 radical (unpaired) electrons. The summed E-state index contributed by atoms with van der Waals surface area (Å²) in [5, 5.41) is 6.72. The van der Waals surface area contributed by atoms with Gasteiger partial charge >= 0.3 is 0 Å². The molecular weight excluding hydrogens is 244 g/mol. The standard InChI is InChI=1S/C10H11ClN4S/c1-6-4-16-10(14-6)7(2)15-9-3-8(11)12-5-13-9/h3-5,7H,1-2H3,(H,12,13,15). The Morgan fingerprint density at radius 3 is 2.88 bits per heavy atom. The number of hydrogen-bond acceptors (Lipinski definition) is 5. The van der Waals surface area contributed by atoms with Crippen molar-refractivity contribution in [3.05, 3.63) is 33.6 Å². The number of nitrogens with zero attached hydrogens (tertiary/aromatic N) is 3. The first-order valence-corrected chi connectivity index (χ1v) is 6.07. The minimum Gasteiger partial charge on any atom is -0.361 e. The second-order valence-electron chi connectivity index (χ2n) is 3.42. The maximum atomic E-state index is 5.77. The molecule has 1 unspecified atom stereocenters. The van der Waals surface area contributed by atoms with E-state index in [2.05, 4.69) is 20.3 Å². The number of aryl methyl sites for hydroxylation is 1. The second kappa shape index (κ2) is 4.76. The Kier molecular flexibility index (Phi) is 3.36. The topological polar surface area (TPSA) is 50.7 Å². The Hall–Kier alpha value is -1.20. The molecule has 0 bridgehead atoms. The first kappa shape index (κ1) is 11.3. The third-order valence-electron chi connectivity index (χ3n) is 2.01. The van der Waals surface area contributed by atoms with Crippen LogP contribution in [0.5, 0.6) is 0 Å². The van der Waals surface area contributed by atoms with E-state index in [4.69, 9.17) is 11.6 Å². The molecule has 0 aliphatic carbocycles. The first-order valence-electron chi connectivity index (χ1n) is 4.81. The van der Waals surface area contributed by atoms with Crippen molar-refractivity contribution >= 4 is 28.8 Å². The molecule has 0 aliphatic rings. The number of anilines is 1. The molecule has 1 N–H and O–H groups in total. The summed E-state index contributed by atoms with van der Waals surface area (Å²) in [6.45, 7) is 4.02. The van der Waals surface area contributed by atoms with Gasteiger partial charge in [0.15, 0.2) is 0 Å². The molecule has 0 aliphatic heterocycles. The van der Waals surface area contributed by atoms with Gasteiger partial charge in [0, 0.05) is 17.1 Å². The zero-order valence-corrected chi connectivity index (χ0v) is 10.5. The van der Waals surface area contributed by atoms with Crippen molar-refractivity contribution in [1.29, 1.82) is 0 Å². The molecule has 0 saturated heterocycles. The summed E-state index contributed by atoms with van der Waals surface area (Å²) >= 11 is 7.41. The molecule has 1 atom stereocenters. The van der Waals surface area contributed by atoms with Crippen LogP contribution in [0.3, 0.4) is 0 Å². The summed E-state index contributed by atoms with van der Waals surface area (Å²) < 4.78 is 0. The van der Waals surface area contributed by atoms with E-state index in [0.717, 1.165) is 10.7 Å². The van der Waals surface area contributed by atoms with E-state index < -0.39 is 0 Å². The Labute approximate surface area is 103 Å². The molecule has 4 nitrogen and oxygen atoms in total. The van der Waals surface area contributed by atoms with Crippen molar-refractivity contribution in [2.24, 2.45) is 0 Å². The minimum absolute atomic E-state index is 0.115. The maximum Gasteiger partial charge on any atom is 0.134 e. The highest BCUT2D eigenvalue weighted by molar-refractivity contribution is 7.09. The van der Waals surface area contributed by atoms with Crippen LogP contribution in [0.1, 0.15) is 23.7 Å². The molecule has 2 aromatic rings. The number of halogens is 1. The summed E-state index contributed by atoms with van der Waals surface area (Å²) in [6.07, 6.45) is 1.44. The highest BCUT2D eigenvalue weighted by atomic mass is 35.5. The fourth-order valence-electron chi connectivity index (χ4n) is 1.27. The molecule has 6 heteroatoms. The molecule has 2 aromatic heterocycles. The normalized spacial score (nSPS) is 12.4. The number of hydrogen-bond donors (Lipinski definition) is 1. The largest absolute Gasteiger partial charge is 0.361 e. The quantitative estimate of drug-likeness (QED) is 0.856. The number of nitrogens with one attached hydrogen (secondary N) is 1. The average molecular weight is 255 g/mol. The summed E-state index contributed by atoms with van der Waals surface area (Å²) in [5.41, 5.74) is 1.04. The van der Waals surface area contributed by atoms with Crippen LogP contribution < -0.4 is 5.32 Å². The Morgan fingerprint density at radius 2 is 2.25 bits per heavy atom. The van der Waals surface area contributed by atoms with Gasteiger partial charge < -0.3 is 5.32 Å². The Morgan fingerprint density at radius 1 is 1.44 bits per heavy atom. The highest BCUT2D eigenvalue weighted by Gasteiger charge is 2.09. The van der Waals surface area contributed by atoms with Crippen molar-refractivity contribution in [3.8, 4) is 0 Å². The molecule has 16 heavy (non-hydrogen) atoms. The van der Waals surface area contributed by atoms with Crippen LogP contribution in [0.4, 0.5) is 5.82 Å².